The fourth-order valence-electron chi connectivity index (χ4n) is 2.70. The van der Waals surface area contributed by atoms with Crippen molar-refractivity contribution in [3.8, 4) is 16.5 Å². The fraction of sp³-hybridized carbons (Fsp3) is 0.300. The lowest BCUT2D eigenvalue weighted by molar-refractivity contribution is -0.144. The van der Waals surface area contributed by atoms with Crippen molar-refractivity contribution < 1.29 is 19.1 Å². The first-order valence-electron chi connectivity index (χ1n) is 9.32. The summed E-state index contributed by atoms with van der Waals surface area (Å²) in [6.45, 7) is 4.06. The van der Waals surface area contributed by atoms with Gasteiger partial charge in [0.1, 0.15) is 5.75 Å². The van der Waals surface area contributed by atoms with Gasteiger partial charge in [-0.25, -0.2) is 0 Å². The minimum absolute atomic E-state index is 0.0131. The van der Waals surface area contributed by atoms with Gasteiger partial charge in [0, 0.05) is 17.6 Å². The van der Waals surface area contributed by atoms with Crippen LogP contribution in [0.2, 0.25) is 5.02 Å². The number of aromatic nitrogens is 3. The predicted molar refractivity (Wildman–Crippen MR) is 122 cm³/mol. The normalized spacial score (nSPS) is 10.7. The highest BCUT2D eigenvalue weighted by Gasteiger charge is 2.17. The zero-order chi connectivity index (χ0) is 22.4. The standard InChI is InChI=1S/C20H21ClN4O4S2/c1-4-25-19(16-6-5-7-30-16)23-24-20(25)31-11-18(27)29-10-17(26)22-14-8-12(2)13(21)9-15(14)28-3/h5-9H,4,10-11H2,1-3H3,(H,22,26). The summed E-state index contributed by atoms with van der Waals surface area (Å²) >= 11 is 8.86. The van der Waals surface area contributed by atoms with Gasteiger partial charge in [0.2, 0.25) is 0 Å². The van der Waals surface area contributed by atoms with Gasteiger partial charge in [-0.1, -0.05) is 29.4 Å². The number of nitrogens with one attached hydrogen (secondary N) is 1. The molecule has 164 valence electrons. The molecule has 0 spiro atoms. The van der Waals surface area contributed by atoms with E-state index in [1.807, 2.05) is 35.9 Å². The molecule has 0 fully saturated rings. The number of thioether (sulfide) groups is 1. The number of aryl methyl sites for hydroxylation is 1. The van der Waals surface area contributed by atoms with E-state index in [0.29, 0.717) is 28.2 Å². The Hall–Kier alpha value is -2.56. The summed E-state index contributed by atoms with van der Waals surface area (Å²) in [4.78, 5) is 25.3. The molecule has 0 atom stereocenters. The lowest BCUT2D eigenvalue weighted by Crippen LogP contribution is -2.22. The number of rotatable bonds is 9. The van der Waals surface area contributed by atoms with E-state index < -0.39 is 18.5 Å². The van der Waals surface area contributed by atoms with Crippen LogP contribution in [-0.2, 0) is 20.9 Å². The maximum atomic E-state index is 12.2. The first kappa shape index (κ1) is 23.1. The predicted octanol–water partition coefficient (Wildman–Crippen LogP) is 4.27. The number of carbonyl (C=O) groups excluding carboxylic acids is 2. The third-order valence-corrected chi connectivity index (χ3v) is 6.43. The number of hydrogen-bond donors (Lipinski definition) is 1. The summed E-state index contributed by atoms with van der Waals surface area (Å²) in [6.07, 6.45) is 0. The minimum Gasteiger partial charge on any atom is -0.495 e. The highest BCUT2D eigenvalue weighted by Crippen LogP contribution is 2.31. The van der Waals surface area contributed by atoms with Crippen LogP contribution in [0.3, 0.4) is 0 Å². The highest BCUT2D eigenvalue weighted by atomic mass is 35.5. The van der Waals surface area contributed by atoms with Gasteiger partial charge in [0.15, 0.2) is 17.6 Å². The number of halogens is 1. The number of benzene rings is 1. The molecule has 0 unspecified atom stereocenters. The summed E-state index contributed by atoms with van der Waals surface area (Å²) in [6, 6.07) is 7.23. The molecule has 0 aliphatic carbocycles. The second-order valence-corrected chi connectivity index (χ2v) is 8.62. The summed E-state index contributed by atoms with van der Waals surface area (Å²) in [5.74, 6) is 0.197. The zero-order valence-electron chi connectivity index (χ0n) is 17.2. The molecular formula is C20H21ClN4O4S2. The largest absolute Gasteiger partial charge is 0.495 e. The van der Waals surface area contributed by atoms with Crippen LogP contribution in [0, 0.1) is 6.92 Å². The highest BCUT2D eigenvalue weighted by molar-refractivity contribution is 7.99. The Bertz CT molecular complexity index is 1070. The number of methoxy groups -OCH3 is 1. The molecule has 3 rings (SSSR count). The van der Waals surface area contributed by atoms with Gasteiger partial charge in [-0.2, -0.15) is 0 Å². The number of esters is 1. The van der Waals surface area contributed by atoms with Crippen LogP contribution >= 0.6 is 34.7 Å². The van der Waals surface area contributed by atoms with Crippen molar-refractivity contribution >= 4 is 52.3 Å². The van der Waals surface area contributed by atoms with E-state index in [4.69, 9.17) is 21.1 Å². The van der Waals surface area contributed by atoms with Crippen molar-refractivity contribution in [2.75, 3.05) is 24.8 Å². The summed E-state index contributed by atoms with van der Waals surface area (Å²) in [5.41, 5.74) is 1.24. The van der Waals surface area contributed by atoms with Gasteiger partial charge in [-0.3, -0.25) is 9.59 Å². The monoisotopic (exact) mass is 480 g/mol. The topological polar surface area (TPSA) is 95.3 Å². The maximum absolute atomic E-state index is 12.2. The first-order valence-corrected chi connectivity index (χ1v) is 11.6. The molecule has 8 nitrogen and oxygen atoms in total. The Morgan fingerprint density at radius 2 is 2.13 bits per heavy atom. The maximum Gasteiger partial charge on any atom is 0.316 e. The van der Waals surface area contributed by atoms with Gasteiger partial charge in [0.05, 0.1) is 23.4 Å². The van der Waals surface area contributed by atoms with E-state index in [2.05, 4.69) is 15.5 Å². The summed E-state index contributed by atoms with van der Waals surface area (Å²) < 4.78 is 12.2. The molecule has 1 aromatic carbocycles. The van der Waals surface area contributed by atoms with E-state index in [1.54, 1.807) is 23.5 Å². The van der Waals surface area contributed by atoms with Crippen LogP contribution in [0.25, 0.3) is 10.7 Å². The molecule has 2 aromatic heterocycles. The molecule has 3 aromatic rings. The molecular weight excluding hydrogens is 460 g/mol. The van der Waals surface area contributed by atoms with Gasteiger partial charge in [-0.05, 0) is 36.9 Å². The molecule has 0 radical (unpaired) electrons. The Kier molecular flexibility index (Phi) is 7.94. The first-order chi connectivity index (χ1) is 14.9. The Morgan fingerprint density at radius 3 is 2.81 bits per heavy atom. The van der Waals surface area contributed by atoms with Gasteiger partial charge >= 0.3 is 5.97 Å². The van der Waals surface area contributed by atoms with Crippen molar-refractivity contribution in [1.82, 2.24) is 14.8 Å². The quantitative estimate of drug-likeness (QED) is 0.361. The lowest BCUT2D eigenvalue weighted by atomic mass is 10.2. The fourth-order valence-corrected chi connectivity index (χ4v) is 4.37. The zero-order valence-corrected chi connectivity index (χ0v) is 19.6. The average molecular weight is 481 g/mol. The summed E-state index contributed by atoms with van der Waals surface area (Å²) in [7, 11) is 1.48. The van der Waals surface area contributed by atoms with Crippen LogP contribution < -0.4 is 10.1 Å². The second kappa shape index (κ2) is 10.7. The molecule has 2 heterocycles. The van der Waals surface area contributed by atoms with Crippen molar-refractivity contribution in [2.45, 2.75) is 25.5 Å². The van der Waals surface area contributed by atoms with Crippen molar-refractivity contribution in [3.05, 3.63) is 40.2 Å². The van der Waals surface area contributed by atoms with E-state index in [1.165, 1.54) is 18.9 Å². The van der Waals surface area contributed by atoms with Crippen LogP contribution in [0.1, 0.15) is 12.5 Å². The van der Waals surface area contributed by atoms with Gasteiger partial charge in [0.25, 0.3) is 5.91 Å². The number of anilines is 1. The SMILES string of the molecule is CCn1c(SCC(=O)OCC(=O)Nc2cc(C)c(Cl)cc2OC)nnc1-c1cccs1. The molecule has 0 bridgehead atoms. The van der Waals surface area contributed by atoms with E-state index in [0.717, 1.165) is 16.3 Å². The number of hydrogen-bond acceptors (Lipinski definition) is 8. The minimum atomic E-state index is -0.525. The van der Waals surface area contributed by atoms with Crippen molar-refractivity contribution in [1.29, 1.82) is 0 Å². The third-order valence-electron chi connectivity index (χ3n) is 4.21. The number of ether oxygens (including phenoxy) is 2. The van der Waals surface area contributed by atoms with Crippen LogP contribution in [-0.4, -0.2) is 46.1 Å². The van der Waals surface area contributed by atoms with Crippen LogP contribution in [0.15, 0.2) is 34.8 Å². The third kappa shape index (κ3) is 5.78. The Balaban J connectivity index is 1.52. The molecule has 0 aliphatic rings. The molecule has 1 N–H and O–H groups in total. The average Bonchev–Trinajstić information content (AvgIpc) is 3.42. The van der Waals surface area contributed by atoms with Gasteiger partial charge in [-0.15, -0.1) is 21.5 Å². The second-order valence-electron chi connectivity index (χ2n) is 6.33. The van der Waals surface area contributed by atoms with E-state index in [-0.39, 0.29) is 5.75 Å². The molecule has 31 heavy (non-hydrogen) atoms. The van der Waals surface area contributed by atoms with Crippen molar-refractivity contribution in [3.63, 3.8) is 0 Å². The van der Waals surface area contributed by atoms with E-state index >= 15 is 0 Å². The lowest BCUT2D eigenvalue weighted by Gasteiger charge is -2.12. The van der Waals surface area contributed by atoms with Crippen molar-refractivity contribution in [2.24, 2.45) is 0 Å². The number of nitrogens with zero attached hydrogens (tertiary/aromatic N) is 3. The molecule has 11 heteroatoms. The molecule has 0 saturated carbocycles. The Morgan fingerprint density at radius 1 is 1.32 bits per heavy atom. The number of carbonyl (C=O) groups is 2. The molecule has 0 aliphatic heterocycles. The number of thiophene rings is 1. The number of amides is 1. The van der Waals surface area contributed by atoms with Gasteiger partial charge < -0.3 is 19.4 Å². The van der Waals surface area contributed by atoms with Crippen LogP contribution in [0.5, 0.6) is 5.75 Å². The molecule has 1 amide bonds. The Labute approximate surface area is 192 Å². The van der Waals surface area contributed by atoms with E-state index in [9.17, 15) is 9.59 Å². The molecule has 0 saturated heterocycles. The smallest absolute Gasteiger partial charge is 0.316 e. The summed E-state index contributed by atoms with van der Waals surface area (Å²) in [5, 5.41) is 14.2. The van der Waals surface area contributed by atoms with Crippen LogP contribution in [0.4, 0.5) is 5.69 Å².